The minimum Gasteiger partial charge on any atom is -0.397 e. The molecule has 0 fully saturated rings. The molecule has 3 heteroatoms. The molecule has 0 radical (unpaired) electrons. The van der Waals surface area contributed by atoms with Gasteiger partial charge in [-0.2, -0.15) is 0 Å². The highest BCUT2D eigenvalue weighted by atomic mass is 35.5. The maximum atomic E-state index is 5.92. The lowest BCUT2D eigenvalue weighted by Crippen LogP contribution is -2.09. The average molecular weight is 171 g/mol. The zero-order chi connectivity index (χ0) is 8.43. The Bertz CT molecular complexity index is 258. The fourth-order valence-electron chi connectivity index (χ4n) is 0.883. The van der Waals surface area contributed by atoms with Gasteiger partial charge in [-0.1, -0.05) is 17.7 Å². The molecule has 0 unspecified atom stereocenters. The Labute approximate surface area is 71.6 Å². The van der Waals surface area contributed by atoms with Gasteiger partial charge < -0.3 is 10.6 Å². The van der Waals surface area contributed by atoms with E-state index in [9.17, 15) is 0 Å². The number of anilines is 2. The molecule has 0 saturated carbocycles. The summed E-state index contributed by atoms with van der Waals surface area (Å²) in [5.74, 6) is 0. The van der Waals surface area contributed by atoms with E-state index in [4.69, 9.17) is 17.3 Å². The van der Waals surface area contributed by atoms with Crippen molar-refractivity contribution >= 4 is 23.0 Å². The Balaban J connectivity index is 3.17. The summed E-state index contributed by atoms with van der Waals surface area (Å²) in [5, 5.41) is 0.623. The molecule has 2 N–H and O–H groups in total. The fraction of sp³-hybridized carbons (Fsp3) is 0.250. The van der Waals surface area contributed by atoms with Crippen LogP contribution in [0.5, 0.6) is 0 Å². The predicted octanol–water partition coefficient (Wildman–Crippen LogP) is 1.99. The van der Waals surface area contributed by atoms with E-state index in [-0.39, 0.29) is 0 Å². The van der Waals surface area contributed by atoms with Gasteiger partial charge in [0.05, 0.1) is 16.4 Å². The summed E-state index contributed by atoms with van der Waals surface area (Å²) in [7, 11) is 3.86. The first-order valence-electron chi connectivity index (χ1n) is 3.34. The van der Waals surface area contributed by atoms with Crippen LogP contribution in [0.4, 0.5) is 11.4 Å². The van der Waals surface area contributed by atoms with E-state index >= 15 is 0 Å². The fourth-order valence-corrected chi connectivity index (χ4v) is 1.18. The van der Waals surface area contributed by atoms with Gasteiger partial charge in [-0.3, -0.25) is 0 Å². The molecule has 0 bridgehead atoms. The van der Waals surface area contributed by atoms with Gasteiger partial charge in [-0.25, -0.2) is 0 Å². The molecule has 0 atom stereocenters. The van der Waals surface area contributed by atoms with Gasteiger partial charge in [0, 0.05) is 14.1 Å². The first kappa shape index (κ1) is 8.21. The minimum absolute atomic E-state index is 0.623. The SMILES string of the molecule is CN(C)c1cccc(N)c1Cl. The number of hydrogen-bond donors (Lipinski definition) is 1. The number of halogens is 1. The minimum atomic E-state index is 0.623. The van der Waals surface area contributed by atoms with Crippen molar-refractivity contribution in [2.75, 3.05) is 24.7 Å². The van der Waals surface area contributed by atoms with Gasteiger partial charge in [0.1, 0.15) is 0 Å². The molecule has 0 aliphatic carbocycles. The molecule has 0 aliphatic heterocycles. The molecule has 1 aromatic carbocycles. The molecule has 0 aliphatic rings. The normalized spacial score (nSPS) is 9.73. The van der Waals surface area contributed by atoms with Crippen molar-refractivity contribution < 1.29 is 0 Å². The van der Waals surface area contributed by atoms with E-state index in [2.05, 4.69) is 0 Å². The molecule has 1 rings (SSSR count). The highest BCUT2D eigenvalue weighted by molar-refractivity contribution is 6.35. The van der Waals surface area contributed by atoms with Crippen molar-refractivity contribution in [3.63, 3.8) is 0 Å². The number of hydrogen-bond acceptors (Lipinski definition) is 2. The summed E-state index contributed by atoms with van der Waals surface area (Å²) in [6, 6.07) is 5.60. The van der Waals surface area contributed by atoms with Crippen molar-refractivity contribution in [3.05, 3.63) is 23.2 Å². The molecular formula is C8H11ClN2. The van der Waals surface area contributed by atoms with Crippen molar-refractivity contribution in [3.8, 4) is 0 Å². The van der Waals surface area contributed by atoms with E-state index in [1.807, 2.05) is 31.1 Å². The highest BCUT2D eigenvalue weighted by Gasteiger charge is 2.03. The van der Waals surface area contributed by atoms with Gasteiger partial charge >= 0.3 is 0 Å². The summed E-state index contributed by atoms with van der Waals surface area (Å²) in [5.41, 5.74) is 7.17. The Morgan fingerprint density at radius 3 is 2.45 bits per heavy atom. The summed E-state index contributed by atoms with van der Waals surface area (Å²) < 4.78 is 0. The molecule has 11 heavy (non-hydrogen) atoms. The Morgan fingerprint density at radius 1 is 1.36 bits per heavy atom. The maximum Gasteiger partial charge on any atom is 0.0868 e. The van der Waals surface area contributed by atoms with Crippen molar-refractivity contribution in [2.45, 2.75) is 0 Å². The van der Waals surface area contributed by atoms with Gasteiger partial charge in [-0.05, 0) is 12.1 Å². The monoisotopic (exact) mass is 170 g/mol. The largest absolute Gasteiger partial charge is 0.397 e. The van der Waals surface area contributed by atoms with Gasteiger partial charge in [0.15, 0.2) is 0 Å². The van der Waals surface area contributed by atoms with E-state index in [1.165, 1.54) is 0 Å². The number of nitrogen functional groups attached to an aromatic ring is 1. The topological polar surface area (TPSA) is 29.3 Å². The van der Waals surface area contributed by atoms with E-state index in [0.29, 0.717) is 10.7 Å². The molecule has 0 aromatic heterocycles. The van der Waals surface area contributed by atoms with Gasteiger partial charge in [0.25, 0.3) is 0 Å². The van der Waals surface area contributed by atoms with Crippen LogP contribution in [0.1, 0.15) is 0 Å². The molecule has 1 aromatic rings. The molecular weight excluding hydrogens is 160 g/mol. The van der Waals surface area contributed by atoms with Crippen molar-refractivity contribution in [1.82, 2.24) is 0 Å². The number of nitrogens with two attached hydrogens (primary N) is 1. The van der Waals surface area contributed by atoms with Crippen LogP contribution in [0.15, 0.2) is 18.2 Å². The first-order valence-corrected chi connectivity index (χ1v) is 3.72. The van der Waals surface area contributed by atoms with Crippen LogP contribution >= 0.6 is 11.6 Å². The van der Waals surface area contributed by atoms with Crippen molar-refractivity contribution in [1.29, 1.82) is 0 Å². The lowest BCUT2D eigenvalue weighted by Gasteiger charge is -2.14. The maximum absolute atomic E-state index is 5.92. The van der Waals surface area contributed by atoms with E-state index in [0.717, 1.165) is 5.69 Å². The summed E-state index contributed by atoms with van der Waals surface area (Å²) in [6.45, 7) is 0. The molecule has 0 spiro atoms. The number of benzene rings is 1. The summed E-state index contributed by atoms with van der Waals surface area (Å²) in [6.07, 6.45) is 0. The van der Waals surface area contributed by atoms with Crippen LogP contribution in [0.3, 0.4) is 0 Å². The van der Waals surface area contributed by atoms with Crippen LogP contribution in [-0.2, 0) is 0 Å². The molecule has 60 valence electrons. The van der Waals surface area contributed by atoms with Crippen LogP contribution in [0.2, 0.25) is 5.02 Å². The van der Waals surface area contributed by atoms with Crippen LogP contribution < -0.4 is 10.6 Å². The number of rotatable bonds is 1. The smallest absolute Gasteiger partial charge is 0.0868 e. The Morgan fingerprint density at radius 2 is 2.00 bits per heavy atom. The third kappa shape index (κ3) is 1.57. The lowest BCUT2D eigenvalue weighted by atomic mass is 10.2. The second-order valence-electron chi connectivity index (χ2n) is 2.57. The van der Waals surface area contributed by atoms with Crippen molar-refractivity contribution in [2.24, 2.45) is 0 Å². The zero-order valence-electron chi connectivity index (χ0n) is 6.63. The summed E-state index contributed by atoms with van der Waals surface area (Å²) >= 11 is 5.92. The molecule has 2 nitrogen and oxygen atoms in total. The predicted molar refractivity (Wildman–Crippen MR) is 50.2 cm³/mol. The Hall–Kier alpha value is -0.890. The van der Waals surface area contributed by atoms with Crippen LogP contribution in [0.25, 0.3) is 0 Å². The second-order valence-corrected chi connectivity index (χ2v) is 2.95. The third-order valence-corrected chi connectivity index (χ3v) is 1.90. The second kappa shape index (κ2) is 3.01. The van der Waals surface area contributed by atoms with Gasteiger partial charge in [0.2, 0.25) is 0 Å². The standard InChI is InChI=1S/C8H11ClN2/c1-11(2)7-5-3-4-6(10)8(7)9/h3-5H,10H2,1-2H3. The zero-order valence-corrected chi connectivity index (χ0v) is 7.39. The van der Waals surface area contributed by atoms with E-state index in [1.54, 1.807) is 6.07 Å². The summed E-state index contributed by atoms with van der Waals surface area (Å²) in [4.78, 5) is 1.93. The highest BCUT2D eigenvalue weighted by Crippen LogP contribution is 2.28. The number of nitrogens with zero attached hydrogens (tertiary/aromatic N) is 1. The lowest BCUT2D eigenvalue weighted by molar-refractivity contribution is 1.13. The van der Waals surface area contributed by atoms with Crippen LogP contribution in [-0.4, -0.2) is 14.1 Å². The molecule has 0 amide bonds. The van der Waals surface area contributed by atoms with E-state index < -0.39 is 0 Å². The molecule has 0 saturated heterocycles. The third-order valence-electron chi connectivity index (χ3n) is 1.49. The van der Waals surface area contributed by atoms with Gasteiger partial charge in [-0.15, -0.1) is 0 Å². The van der Waals surface area contributed by atoms with Crippen LogP contribution in [0, 0.1) is 0 Å². The quantitative estimate of drug-likeness (QED) is 0.654. The average Bonchev–Trinajstić information content (AvgIpc) is 1.94. The molecule has 0 heterocycles. The Kier molecular flexibility index (Phi) is 2.25. The first-order chi connectivity index (χ1) is 5.13.